The normalized spacial score (nSPS) is 11.9. The topological polar surface area (TPSA) is 111 Å². The Balaban J connectivity index is 1.64. The molecule has 28 heavy (non-hydrogen) atoms. The van der Waals surface area contributed by atoms with Crippen molar-refractivity contribution < 1.29 is 9.94 Å². The van der Waals surface area contributed by atoms with Gasteiger partial charge in [-0.05, 0) is 30.7 Å². The molecule has 0 atom stereocenters. The fourth-order valence-corrected chi connectivity index (χ4v) is 2.64. The second kappa shape index (κ2) is 7.49. The Kier molecular flexibility index (Phi) is 4.73. The van der Waals surface area contributed by atoms with Gasteiger partial charge < -0.3 is 9.94 Å². The van der Waals surface area contributed by atoms with E-state index in [9.17, 15) is 0 Å². The highest BCUT2D eigenvalue weighted by molar-refractivity contribution is 5.97. The average molecular weight is 375 g/mol. The molecule has 0 aliphatic carbocycles. The number of rotatable bonds is 6. The SMILES string of the molecule is C=C(CO)O/N=C(\C)c1cnc2nnn(Cc3ccc4ncccc4c3)c2n1. The Morgan fingerprint density at radius 1 is 1.29 bits per heavy atom. The Hall–Kier alpha value is -3.72. The van der Waals surface area contributed by atoms with E-state index in [4.69, 9.17) is 9.94 Å². The number of nitrogens with zero attached hydrogens (tertiary/aromatic N) is 7. The summed E-state index contributed by atoms with van der Waals surface area (Å²) in [6, 6.07) is 9.96. The first kappa shape index (κ1) is 17.7. The lowest BCUT2D eigenvalue weighted by Crippen LogP contribution is -2.06. The number of aliphatic hydroxyl groups excluding tert-OH is 1. The van der Waals surface area contributed by atoms with E-state index in [0.717, 1.165) is 16.5 Å². The van der Waals surface area contributed by atoms with Crippen molar-refractivity contribution in [1.82, 2.24) is 29.9 Å². The second-order valence-corrected chi connectivity index (χ2v) is 6.14. The van der Waals surface area contributed by atoms with Crippen molar-refractivity contribution in [3.63, 3.8) is 0 Å². The fourth-order valence-electron chi connectivity index (χ4n) is 2.64. The van der Waals surface area contributed by atoms with Gasteiger partial charge in [0.2, 0.25) is 5.65 Å². The van der Waals surface area contributed by atoms with Crippen LogP contribution in [-0.4, -0.2) is 47.4 Å². The van der Waals surface area contributed by atoms with Crippen molar-refractivity contribution in [3.05, 3.63) is 66.3 Å². The molecular formula is C19H17N7O2. The van der Waals surface area contributed by atoms with Gasteiger partial charge in [0, 0.05) is 11.6 Å². The van der Waals surface area contributed by atoms with Crippen molar-refractivity contribution in [1.29, 1.82) is 0 Å². The lowest BCUT2D eigenvalue weighted by atomic mass is 10.1. The number of aromatic nitrogens is 6. The van der Waals surface area contributed by atoms with Crippen molar-refractivity contribution in [2.45, 2.75) is 13.5 Å². The zero-order chi connectivity index (χ0) is 19.5. The van der Waals surface area contributed by atoms with Crippen LogP contribution in [0, 0.1) is 0 Å². The van der Waals surface area contributed by atoms with Gasteiger partial charge in [0.05, 0.1) is 18.3 Å². The quantitative estimate of drug-likeness (QED) is 0.312. The van der Waals surface area contributed by atoms with Gasteiger partial charge in [0.25, 0.3) is 0 Å². The molecule has 1 N–H and O–H groups in total. The molecule has 0 aliphatic heterocycles. The Morgan fingerprint density at radius 3 is 3.04 bits per heavy atom. The summed E-state index contributed by atoms with van der Waals surface area (Å²) in [7, 11) is 0. The summed E-state index contributed by atoms with van der Waals surface area (Å²) in [6.45, 7) is 5.43. The minimum Gasteiger partial charge on any atom is -0.388 e. The molecule has 0 fully saturated rings. The first-order valence-electron chi connectivity index (χ1n) is 8.54. The second-order valence-electron chi connectivity index (χ2n) is 6.14. The Morgan fingerprint density at radius 2 is 2.18 bits per heavy atom. The van der Waals surface area contributed by atoms with Gasteiger partial charge in [-0.2, -0.15) is 0 Å². The summed E-state index contributed by atoms with van der Waals surface area (Å²) in [4.78, 5) is 18.2. The van der Waals surface area contributed by atoms with Gasteiger partial charge in [0.1, 0.15) is 18.0 Å². The van der Waals surface area contributed by atoms with Crippen molar-refractivity contribution >= 4 is 27.9 Å². The number of benzene rings is 1. The summed E-state index contributed by atoms with van der Waals surface area (Å²) < 4.78 is 1.68. The molecule has 0 radical (unpaired) electrons. The van der Waals surface area contributed by atoms with Crippen LogP contribution >= 0.6 is 0 Å². The highest BCUT2D eigenvalue weighted by Gasteiger charge is 2.11. The van der Waals surface area contributed by atoms with E-state index in [1.165, 1.54) is 0 Å². The van der Waals surface area contributed by atoms with Gasteiger partial charge in [-0.25, -0.2) is 14.6 Å². The van der Waals surface area contributed by atoms with Crippen LogP contribution in [0.25, 0.3) is 22.2 Å². The van der Waals surface area contributed by atoms with Crippen LogP contribution in [0.4, 0.5) is 0 Å². The molecule has 0 saturated carbocycles. The van der Waals surface area contributed by atoms with E-state index in [0.29, 0.717) is 29.2 Å². The van der Waals surface area contributed by atoms with E-state index < -0.39 is 0 Å². The monoisotopic (exact) mass is 375 g/mol. The molecule has 4 rings (SSSR count). The molecule has 140 valence electrons. The van der Waals surface area contributed by atoms with Crippen molar-refractivity contribution in [2.24, 2.45) is 5.16 Å². The minimum absolute atomic E-state index is 0.144. The van der Waals surface area contributed by atoms with E-state index in [1.54, 1.807) is 24.0 Å². The molecule has 9 nitrogen and oxygen atoms in total. The molecule has 0 saturated heterocycles. The standard InChI is InChI=1S/C19H17N7O2/c1-12(11-27)28-24-13(2)17-9-21-18-19(22-17)26(25-23-18)10-14-5-6-16-15(8-14)4-3-7-20-16/h3-9,27H,1,10-11H2,2H3/b24-13+. The van der Waals surface area contributed by atoms with Crippen LogP contribution in [0.5, 0.6) is 0 Å². The number of pyridine rings is 1. The van der Waals surface area contributed by atoms with E-state index in [2.05, 4.69) is 43.1 Å². The highest BCUT2D eigenvalue weighted by Crippen LogP contribution is 2.16. The van der Waals surface area contributed by atoms with Gasteiger partial charge in [-0.3, -0.25) is 4.98 Å². The smallest absolute Gasteiger partial charge is 0.221 e. The highest BCUT2D eigenvalue weighted by atomic mass is 16.6. The number of oxime groups is 1. The van der Waals surface area contributed by atoms with Crippen molar-refractivity contribution in [3.8, 4) is 0 Å². The third kappa shape index (κ3) is 3.55. The first-order valence-corrected chi connectivity index (χ1v) is 8.54. The summed E-state index contributed by atoms with van der Waals surface area (Å²) in [5, 5.41) is 22.1. The maximum Gasteiger partial charge on any atom is 0.221 e. The summed E-state index contributed by atoms with van der Waals surface area (Å²) in [6.07, 6.45) is 3.32. The van der Waals surface area contributed by atoms with Crippen LogP contribution < -0.4 is 0 Å². The Bertz CT molecular complexity index is 1200. The Labute approximate surface area is 160 Å². The summed E-state index contributed by atoms with van der Waals surface area (Å²) in [5.74, 6) is 0.144. The number of fused-ring (bicyclic) bond motifs is 2. The van der Waals surface area contributed by atoms with Crippen LogP contribution in [0.2, 0.25) is 0 Å². The molecule has 9 heteroatoms. The van der Waals surface area contributed by atoms with Gasteiger partial charge in [-0.1, -0.05) is 29.1 Å². The van der Waals surface area contributed by atoms with Gasteiger partial charge in [0.15, 0.2) is 11.4 Å². The van der Waals surface area contributed by atoms with Crippen molar-refractivity contribution in [2.75, 3.05) is 6.61 Å². The maximum atomic E-state index is 8.93. The molecule has 0 spiro atoms. The van der Waals surface area contributed by atoms with E-state index in [-0.39, 0.29) is 12.4 Å². The predicted molar refractivity (Wildman–Crippen MR) is 103 cm³/mol. The first-order chi connectivity index (χ1) is 13.6. The van der Waals surface area contributed by atoms with Crippen LogP contribution in [0.1, 0.15) is 18.2 Å². The lowest BCUT2D eigenvalue weighted by molar-refractivity contribution is 0.171. The van der Waals surface area contributed by atoms with Crippen LogP contribution in [-0.2, 0) is 11.4 Å². The maximum absolute atomic E-state index is 8.93. The lowest BCUT2D eigenvalue weighted by Gasteiger charge is -2.05. The molecule has 0 bridgehead atoms. The van der Waals surface area contributed by atoms with Gasteiger partial charge in [-0.15, -0.1) is 5.10 Å². The average Bonchev–Trinajstić information content (AvgIpc) is 3.13. The fraction of sp³-hybridized carbons (Fsp3) is 0.158. The third-order valence-corrected chi connectivity index (χ3v) is 4.09. The zero-order valence-corrected chi connectivity index (χ0v) is 15.1. The third-order valence-electron chi connectivity index (χ3n) is 4.09. The summed E-state index contributed by atoms with van der Waals surface area (Å²) in [5.41, 5.74) is 3.98. The van der Waals surface area contributed by atoms with Crippen LogP contribution in [0.15, 0.2) is 60.2 Å². The molecule has 0 amide bonds. The number of hydrogen-bond acceptors (Lipinski definition) is 8. The van der Waals surface area contributed by atoms with E-state index >= 15 is 0 Å². The molecule has 1 aromatic carbocycles. The molecular weight excluding hydrogens is 358 g/mol. The van der Waals surface area contributed by atoms with Gasteiger partial charge >= 0.3 is 0 Å². The molecule has 4 aromatic rings. The largest absolute Gasteiger partial charge is 0.388 e. The molecule has 0 aliphatic rings. The molecule has 3 heterocycles. The molecule has 3 aromatic heterocycles. The van der Waals surface area contributed by atoms with Crippen LogP contribution in [0.3, 0.4) is 0 Å². The predicted octanol–water partition coefficient (Wildman–Crippen LogP) is 2.06. The van der Waals surface area contributed by atoms with E-state index in [1.807, 2.05) is 24.3 Å². The zero-order valence-electron chi connectivity index (χ0n) is 15.1. The molecule has 0 unspecified atom stereocenters. The minimum atomic E-state index is -0.306. The summed E-state index contributed by atoms with van der Waals surface area (Å²) >= 11 is 0. The number of aliphatic hydroxyl groups is 1. The number of hydrogen-bond donors (Lipinski definition) is 1.